The zero-order chi connectivity index (χ0) is 18.5. The van der Waals surface area contributed by atoms with E-state index in [-0.39, 0.29) is 12.5 Å². The lowest BCUT2D eigenvalue weighted by Crippen LogP contribution is -2.31. The van der Waals surface area contributed by atoms with E-state index < -0.39 is 23.0 Å². The summed E-state index contributed by atoms with van der Waals surface area (Å²) in [4.78, 5) is 29.3. The molecule has 0 aliphatic carbocycles. The normalized spacial score (nSPS) is 30.5. The van der Waals surface area contributed by atoms with Gasteiger partial charge in [0.1, 0.15) is 6.10 Å². The van der Waals surface area contributed by atoms with Gasteiger partial charge < -0.3 is 14.8 Å². The maximum atomic E-state index is 12.5. The first-order valence-electron chi connectivity index (χ1n) is 8.24. The van der Waals surface area contributed by atoms with Gasteiger partial charge in [-0.1, -0.05) is 23.7 Å². The standard InChI is InChI=1S/C18H17ClN2O4S/c1-10-7-18(14(22)24-10)9-17(2,25-15(18)23)13-8-26-16(21-13)20-12-6-4-3-5-11(12)19/h3-6,8,10H,7,9H2,1-2H3,(H,20,21)/t10-,17-,18-/m1/s1. The molecular weight excluding hydrogens is 376 g/mol. The van der Waals surface area contributed by atoms with Crippen molar-refractivity contribution < 1.29 is 19.1 Å². The Morgan fingerprint density at radius 3 is 2.77 bits per heavy atom. The second-order valence-electron chi connectivity index (χ2n) is 6.94. The number of halogens is 1. The van der Waals surface area contributed by atoms with Crippen LogP contribution in [-0.2, 0) is 24.7 Å². The summed E-state index contributed by atoms with van der Waals surface area (Å²) in [5.41, 5.74) is -0.825. The first kappa shape index (κ1) is 17.3. The molecule has 2 aliphatic rings. The summed E-state index contributed by atoms with van der Waals surface area (Å²) in [7, 11) is 0. The molecule has 3 heterocycles. The maximum absolute atomic E-state index is 12.5. The van der Waals surface area contributed by atoms with Crippen molar-refractivity contribution in [2.75, 3.05) is 5.32 Å². The molecule has 0 unspecified atom stereocenters. The third-order valence-electron chi connectivity index (χ3n) is 4.84. The van der Waals surface area contributed by atoms with Crippen molar-refractivity contribution in [2.45, 2.75) is 38.4 Å². The van der Waals surface area contributed by atoms with Crippen molar-refractivity contribution in [2.24, 2.45) is 5.41 Å². The van der Waals surface area contributed by atoms with Crippen molar-refractivity contribution >= 4 is 45.7 Å². The van der Waals surface area contributed by atoms with Crippen molar-refractivity contribution in [1.82, 2.24) is 4.98 Å². The number of carbonyl (C=O) groups excluding carboxylic acids is 2. The number of aromatic nitrogens is 1. The van der Waals surface area contributed by atoms with Crippen molar-refractivity contribution in [1.29, 1.82) is 0 Å². The number of thiazole rings is 1. The maximum Gasteiger partial charge on any atom is 0.324 e. The summed E-state index contributed by atoms with van der Waals surface area (Å²) in [5.74, 6) is -1.02. The molecule has 3 atom stereocenters. The summed E-state index contributed by atoms with van der Waals surface area (Å²) in [5, 5.41) is 6.21. The van der Waals surface area contributed by atoms with Gasteiger partial charge in [-0.05, 0) is 26.0 Å². The molecule has 0 amide bonds. The quantitative estimate of drug-likeness (QED) is 0.627. The van der Waals surface area contributed by atoms with Gasteiger partial charge in [0, 0.05) is 18.2 Å². The van der Waals surface area contributed by atoms with Crippen LogP contribution >= 0.6 is 22.9 Å². The second-order valence-corrected chi connectivity index (χ2v) is 8.21. The molecule has 8 heteroatoms. The Bertz CT molecular complexity index is 901. The molecule has 136 valence electrons. The van der Waals surface area contributed by atoms with Gasteiger partial charge in [0.05, 0.1) is 16.4 Å². The van der Waals surface area contributed by atoms with Crippen LogP contribution in [0.5, 0.6) is 0 Å². The third-order valence-corrected chi connectivity index (χ3v) is 5.93. The average Bonchev–Trinajstić information content (AvgIpc) is 3.22. The second kappa shape index (κ2) is 5.96. The molecule has 1 spiro atoms. The van der Waals surface area contributed by atoms with Crippen LogP contribution in [0, 0.1) is 5.41 Å². The average molecular weight is 393 g/mol. The molecule has 6 nitrogen and oxygen atoms in total. The molecular formula is C18H17ClN2O4S. The molecule has 1 aromatic heterocycles. The summed E-state index contributed by atoms with van der Waals surface area (Å²) < 4.78 is 10.8. The number of anilines is 2. The van der Waals surface area contributed by atoms with E-state index >= 15 is 0 Å². The van der Waals surface area contributed by atoms with Crippen LogP contribution in [0.1, 0.15) is 32.4 Å². The molecule has 2 fully saturated rings. The molecule has 1 aromatic carbocycles. The topological polar surface area (TPSA) is 77.5 Å². The fourth-order valence-electron chi connectivity index (χ4n) is 3.60. The number of esters is 2. The van der Waals surface area contributed by atoms with E-state index in [1.807, 2.05) is 23.6 Å². The van der Waals surface area contributed by atoms with Crippen LogP contribution in [0.25, 0.3) is 0 Å². The van der Waals surface area contributed by atoms with Gasteiger partial charge in [-0.2, -0.15) is 0 Å². The van der Waals surface area contributed by atoms with E-state index in [4.69, 9.17) is 21.1 Å². The lowest BCUT2D eigenvalue weighted by atomic mass is 9.78. The van der Waals surface area contributed by atoms with Gasteiger partial charge in [0.25, 0.3) is 0 Å². The fraction of sp³-hybridized carbons (Fsp3) is 0.389. The van der Waals surface area contributed by atoms with E-state index in [0.717, 1.165) is 5.69 Å². The zero-order valence-corrected chi connectivity index (χ0v) is 15.8. The summed E-state index contributed by atoms with van der Waals surface area (Å²) in [6.45, 7) is 3.56. The van der Waals surface area contributed by atoms with Crippen LogP contribution < -0.4 is 5.32 Å². The van der Waals surface area contributed by atoms with E-state index in [9.17, 15) is 9.59 Å². The van der Waals surface area contributed by atoms with Gasteiger partial charge in [-0.25, -0.2) is 4.98 Å². The molecule has 0 bridgehead atoms. The Hall–Kier alpha value is -2.12. The first-order valence-corrected chi connectivity index (χ1v) is 9.50. The number of ether oxygens (including phenoxy) is 2. The minimum atomic E-state index is -1.21. The van der Waals surface area contributed by atoms with Crippen LogP contribution in [0.15, 0.2) is 29.6 Å². The highest BCUT2D eigenvalue weighted by atomic mass is 35.5. The zero-order valence-electron chi connectivity index (χ0n) is 14.2. The van der Waals surface area contributed by atoms with E-state index in [0.29, 0.717) is 22.3 Å². The molecule has 0 saturated carbocycles. The third kappa shape index (κ3) is 2.66. The molecule has 26 heavy (non-hydrogen) atoms. The summed E-state index contributed by atoms with van der Waals surface area (Å²) in [6.07, 6.45) is 0.289. The molecule has 1 N–H and O–H groups in total. The molecule has 2 saturated heterocycles. The number of nitrogens with one attached hydrogen (secondary N) is 1. The van der Waals surface area contributed by atoms with Crippen molar-refractivity contribution in [3.05, 3.63) is 40.4 Å². The summed E-state index contributed by atoms with van der Waals surface area (Å²) in [6, 6.07) is 7.36. The van der Waals surface area contributed by atoms with Crippen LogP contribution in [0.4, 0.5) is 10.8 Å². The van der Waals surface area contributed by atoms with Crippen LogP contribution in [-0.4, -0.2) is 23.0 Å². The highest BCUT2D eigenvalue weighted by Gasteiger charge is 2.65. The molecule has 0 radical (unpaired) electrons. The predicted molar refractivity (Wildman–Crippen MR) is 97.5 cm³/mol. The number of rotatable bonds is 3. The smallest absolute Gasteiger partial charge is 0.324 e. The van der Waals surface area contributed by atoms with Gasteiger partial charge >= 0.3 is 11.9 Å². The Morgan fingerprint density at radius 1 is 1.31 bits per heavy atom. The number of carbonyl (C=O) groups is 2. The highest BCUT2D eigenvalue weighted by Crippen LogP contribution is 2.52. The van der Waals surface area contributed by atoms with Crippen LogP contribution in [0.2, 0.25) is 5.02 Å². The number of para-hydroxylation sites is 1. The SMILES string of the molecule is C[C@@H]1C[C@@]2(C[C@](C)(c3csc(Nc4ccccc4Cl)n3)OC2=O)C(=O)O1. The minimum absolute atomic E-state index is 0.233. The van der Waals surface area contributed by atoms with Gasteiger partial charge in [0.2, 0.25) is 0 Å². The van der Waals surface area contributed by atoms with Crippen molar-refractivity contribution in [3.8, 4) is 0 Å². The lowest BCUT2D eigenvalue weighted by molar-refractivity contribution is -0.160. The molecule has 4 rings (SSSR count). The Labute approximate surface area is 159 Å². The lowest BCUT2D eigenvalue weighted by Gasteiger charge is -2.20. The number of cyclic esters (lactones) is 2. The Kier molecular flexibility index (Phi) is 3.96. The van der Waals surface area contributed by atoms with Gasteiger partial charge in [-0.3, -0.25) is 9.59 Å². The number of nitrogens with zero attached hydrogens (tertiary/aromatic N) is 1. The first-order chi connectivity index (χ1) is 12.3. The van der Waals surface area contributed by atoms with Crippen LogP contribution in [0.3, 0.4) is 0 Å². The van der Waals surface area contributed by atoms with Crippen molar-refractivity contribution in [3.63, 3.8) is 0 Å². The number of hydrogen-bond acceptors (Lipinski definition) is 7. The molecule has 2 aromatic rings. The van der Waals surface area contributed by atoms with E-state index in [1.165, 1.54) is 11.3 Å². The molecule has 2 aliphatic heterocycles. The van der Waals surface area contributed by atoms with Gasteiger partial charge in [-0.15, -0.1) is 11.3 Å². The van der Waals surface area contributed by atoms with E-state index in [1.54, 1.807) is 19.9 Å². The minimum Gasteiger partial charge on any atom is -0.462 e. The monoisotopic (exact) mass is 392 g/mol. The van der Waals surface area contributed by atoms with Gasteiger partial charge in [0.15, 0.2) is 16.1 Å². The number of benzene rings is 1. The highest BCUT2D eigenvalue weighted by molar-refractivity contribution is 7.13. The Morgan fingerprint density at radius 2 is 2.08 bits per heavy atom. The number of hydrogen-bond donors (Lipinski definition) is 1. The van der Waals surface area contributed by atoms with E-state index in [2.05, 4.69) is 10.3 Å². The predicted octanol–water partition coefficient (Wildman–Crippen LogP) is 4.02. The fourth-order valence-corrected chi connectivity index (χ4v) is 4.63. The largest absolute Gasteiger partial charge is 0.462 e. The summed E-state index contributed by atoms with van der Waals surface area (Å²) >= 11 is 7.54. The Balaban J connectivity index is 1.59.